The smallest absolute Gasteiger partial charge is 0.305 e. The Balaban J connectivity index is 2.30. The number of ketones is 1. The second-order valence-corrected chi connectivity index (χ2v) is 7.05. The quantitative estimate of drug-likeness (QED) is 0.682. The highest BCUT2D eigenvalue weighted by Gasteiger charge is 2.42. The summed E-state index contributed by atoms with van der Waals surface area (Å²) in [4.78, 5) is 23.7. The molecule has 0 radical (unpaired) electrons. The molecule has 1 saturated carbocycles. The summed E-state index contributed by atoms with van der Waals surface area (Å²) in [6.07, 6.45) is 4.04. The lowest BCUT2D eigenvalue weighted by molar-refractivity contribution is -0.140. The fourth-order valence-electron chi connectivity index (χ4n) is 3.99. The van der Waals surface area contributed by atoms with Crippen LogP contribution in [0.4, 0.5) is 0 Å². The Morgan fingerprint density at radius 3 is 2.60 bits per heavy atom. The van der Waals surface area contributed by atoms with Gasteiger partial charge in [0, 0.05) is 25.4 Å². The summed E-state index contributed by atoms with van der Waals surface area (Å²) in [7, 11) is 1.40. The third kappa shape index (κ3) is 4.51. The van der Waals surface area contributed by atoms with Gasteiger partial charge < -0.3 is 14.2 Å². The summed E-state index contributed by atoms with van der Waals surface area (Å²) < 4.78 is 16.1. The van der Waals surface area contributed by atoms with Gasteiger partial charge in [-0.05, 0) is 56.6 Å². The first-order chi connectivity index (χ1) is 11.9. The first-order valence-electron chi connectivity index (χ1n) is 9.12. The second kappa shape index (κ2) is 8.65. The van der Waals surface area contributed by atoms with Crippen molar-refractivity contribution < 1.29 is 23.8 Å². The van der Waals surface area contributed by atoms with Gasteiger partial charge in [0.25, 0.3) is 0 Å². The molecule has 0 saturated heterocycles. The summed E-state index contributed by atoms with van der Waals surface area (Å²) in [6.45, 7) is 8.42. The number of fused-ring (bicyclic) bond motifs is 1. The van der Waals surface area contributed by atoms with Crippen molar-refractivity contribution in [3.63, 3.8) is 0 Å². The summed E-state index contributed by atoms with van der Waals surface area (Å²) >= 11 is 0. The van der Waals surface area contributed by atoms with Gasteiger partial charge >= 0.3 is 5.97 Å². The molecule has 0 aromatic heterocycles. The number of Topliss-reactive ketones (excluding diaryl/α,β-unsaturated/α-hetero) is 1. The van der Waals surface area contributed by atoms with E-state index in [9.17, 15) is 9.59 Å². The molecule has 2 rings (SSSR count). The van der Waals surface area contributed by atoms with Gasteiger partial charge in [-0.2, -0.15) is 0 Å². The van der Waals surface area contributed by atoms with Gasteiger partial charge in [0.05, 0.1) is 13.4 Å². The number of ether oxygens (including phenoxy) is 3. The van der Waals surface area contributed by atoms with E-state index in [1.807, 2.05) is 20.1 Å². The molecule has 140 valence electrons. The lowest BCUT2D eigenvalue weighted by Gasteiger charge is -2.42. The van der Waals surface area contributed by atoms with Gasteiger partial charge in [0.2, 0.25) is 0 Å². The van der Waals surface area contributed by atoms with E-state index in [0.29, 0.717) is 25.9 Å². The van der Waals surface area contributed by atoms with Crippen molar-refractivity contribution in [1.82, 2.24) is 0 Å². The standard InChI is InChI=1S/C20H30O5/c1-6-24-20-10-17-13(3)16(14(4)21)9-15(18(17)11-25-20)12(2)7-8-19(22)23-5/h11,13,16-17,20H,6-10H2,1-5H3/b15-12+/t13-,16-,17+,20-/m1/s1. The number of hydrogen-bond acceptors (Lipinski definition) is 5. The molecule has 1 heterocycles. The molecule has 5 nitrogen and oxygen atoms in total. The maximum Gasteiger partial charge on any atom is 0.305 e. The van der Waals surface area contributed by atoms with Crippen LogP contribution >= 0.6 is 0 Å². The van der Waals surface area contributed by atoms with Crippen LogP contribution in [0.1, 0.15) is 53.4 Å². The predicted molar refractivity (Wildman–Crippen MR) is 94.6 cm³/mol. The zero-order valence-corrected chi connectivity index (χ0v) is 16.0. The van der Waals surface area contributed by atoms with Crippen LogP contribution in [0, 0.1) is 17.8 Å². The van der Waals surface area contributed by atoms with Crippen LogP contribution in [0.25, 0.3) is 0 Å². The number of rotatable bonds is 6. The lowest BCUT2D eigenvalue weighted by Crippen LogP contribution is -2.38. The molecule has 25 heavy (non-hydrogen) atoms. The molecule has 0 aromatic rings. The normalized spacial score (nSPS) is 30.7. The summed E-state index contributed by atoms with van der Waals surface area (Å²) in [5, 5.41) is 0. The molecule has 1 aliphatic heterocycles. The topological polar surface area (TPSA) is 61.8 Å². The van der Waals surface area contributed by atoms with Crippen LogP contribution in [0.5, 0.6) is 0 Å². The zero-order valence-electron chi connectivity index (χ0n) is 16.0. The fraction of sp³-hybridized carbons (Fsp3) is 0.700. The first kappa shape index (κ1) is 19.7. The molecule has 2 aliphatic rings. The minimum absolute atomic E-state index is 0.00519. The molecule has 4 atom stereocenters. The minimum atomic E-state index is -0.247. The Labute approximate surface area is 150 Å². The molecule has 1 fully saturated rings. The van der Waals surface area contributed by atoms with Crippen molar-refractivity contribution in [3.05, 3.63) is 23.0 Å². The van der Waals surface area contributed by atoms with E-state index >= 15 is 0 Å². The summed E-state index contributed by atoms with van der Waals surface area (Å²) in [6, 6.07) is 0. The number of carbonyl (C=O) groups excluding carboxylic acids is 2. The maximum atomic E-state index is 12.2. The van der Waals surface area contributed by atoms with E-state index in [2.05, 4.69) is 6.92 Å². The average molecular weight is 350 g/mol. The van der Waals surface area contributed by atoms with E-state index < -0.39 is 0 Å². The SMILES string of the molecule is CCO[C@H]1C[C@@H]2C(=CO1)/C(=C(\C)CCC(=O)OC)C[C@@H](C(C)=O)[C@H]2C. The van der Waals surface area contributed by atoms with Gasteiger partial charge in [0.1, 0.15) is 5.78 Å². The highest BCUT2D eigenvalue weighted by Crippen LogP contribution is 2.47. The predicted octanol–water partition coefficient (Wildman–Crippen LogP) is 3.78. The Kier molecular flexibility index (Phi) is 6.82. The summed E-state index contributed by atoms with van der Waals surface area (Å²) in [5.74, 6) is 0.521. The molecule has 0 bridgehead atoms. The average Bonchev–Trinajstić information content (AvgIpc) is 2.60. The third-order valence-electron chi connectivity index (χ3n) is 5.56. The van der Waals surface area contributed by atoms with Crippen LogP contribution in [-0.4, -0.2) is 31.8 Å². The van der Waals surface area contributed by atoms with Crippen molar-refractivity contribution in [1.29, 1.82) is 0 Å². The number of hydrogen-bond donors (Lipinski definition) is 0. The van der Waals surface area contributed by atoms with E-state index in [1.165, 1.54) is 18.3 Å². The van der Waals surface area contributed by atoms with E-state index in [-0.39, 0.29) is 35.8 Å². The van der Waals surface area contributed by atoms with Crippen molar-refractivity contribution in [2.75, 3.05) is 13.7 Å². The van der Waals surface area contributed by atoms with Crippen LogP contribution in [-0.2, 0) is 23.8 Å². The minimum Gasteiger partial charge on any atom is -0.472 e. The molecule has 0 amide bonds. The third-order valence-corrected chi connectivity index (χ3v) is 5.56. The van der Waals surface area contributed by atoms with Gasteiger partial charge in [-0.25, -0.2) is 0 Å². The number of methoxy groups -OCH3 is 1. The van der Waals surface area contributed by atoms with Crippen LogP contribution in [0.3, 0.4) is 0 Å². The molecule has 0 spiro atoms. The van der Waals surface area contributed by atoms with Crippen molar-refractivity contribution in [2.45, 2.75) is 59.7 Å². The lowest BCUT2D eigenvalue weighted by atomic mass is 9.64. The number of carbonyl (C=O) groups is 2. The van der Waals surface area contributed by atoms with Crippen molar-refractivity contribution >= 4 is 11.8 Å². The maximum absolute atomic E-state index is 12.2. The monoisotopic (exact) mass is 350 g/mol. The van der Waals surface area contributed by atoms with Gasteiger partial charge in [-0.1, -0.05) is 12.5 Å². The second-order valence-electron chi connectivity index (χ2n) is 7.05. The molecule has 0 N–H and O–H groups in total. The molecule has 1 aliphatic carbocycles. The molecule has 0 unspecified atom stereocenters. The number of esters is 1. The Morgan fingerprint density at radius 1 is 1.28 bits per heavy atom. The van der Waals surface area contributed by atoms with Crippen molar-refractivity contribution in [3.8, 4) is 0 Å². The largest absolute Gasteiger partial charge is 0.472 e. The summed E-state index contributed by atoms with van der Waals surface area (Å²) in [5.41, 5.74) is 3.48. The first-order valence-corrected chi connectivity index (χ1v) is 9.12. The van der Waals surface area contributed by atoms with Gasteiger partial charge in [0.15, 0.2) is 6.29 Å². The fourth-order valence-corrected chi connectivity index (χ4v) is 3.99. The zero-order chi connectivity index (χ0) is 18.6. The molecule has 0 aromatic carbocycles. The van der Waals surface area contributed by atoms with Gasteiger partial charge in [-0.15, -0.1) is 0 Å². The van der Waals surface area contributed by atoms with E-state index in [4.69, 9.17) is 14.2 Å². The van der Waals surface area contributed by atoms with Crippen LogP contribution < -0.4 is 0 Å². The van der Waals surface area contributed by atoms with Crippen molar-refractivity contribution in [2.24, 2.45) is 17.8 Å². The Morgan fingerprint density at radius 2 is 2.00 bits per heavy atom. The highest BCUT2D eigenvalue weighted by atomic mass is 16.7. The molecule has 5 heteroatoms. The van der Waals surface area contributed by atoms with E-state index in [0.717, 1.165) is 12.0 Å². The van der Waals surface area contributed by atoms with Crippen LogP contribution in [0.2, 0.25) is 0 Å². The Bertz CT molecular complexity index is 575. The highest BCUT2D eigenvalue weighted by molar-refractivity contribution is 5.79. The van der Waals surface area contributed by atoms with Gasteiger partial charge in [-0.3, -0.25) is 9.59 Å². The molecular formula is C20H30O5. The van der Waals surface area contributed by atoms with Crippen LogP contribution in [0.15, 0.2) is 23.0 Å². The molecular weight excluding hydrogens is 320 g/mol. The Hall–Kier alpha value is -1.62. The van der Waals surface area contributed by atoms with E-state index in [1.54, 1.807) is 6.92 Å². The number of allylic oxidation sites excluding steroid dienone is 3.